The van der Waals surface area contributed by atoms with E-state index in [4.69, 9.17) is 0 Å². The summed E-state index contributed by atoms with van der Waals surface area (Å²) in [6.45, 7) is 5.61. The first-order chi connectivity index (χ1) is 9.65. The van der Waals surface area contributed by atoms with Gasteiger partial charge in [-0.2, -0.15) is 0 Å². The van der Waals surface area contributed by atoms with E-state index >= 15 is 0 Å². The van der Waals surface area contributed by atoms with Gasteiger partial charge in [0.05, 0.1) is 0 Å². The molecule has 0 spiro atoms. The van der Waals surface area contributed by atoms with Crippen molar-refractivity contribution in [2.24, 2.45) is 0 Å². The summed E-state index contributed by atoms with van der Waals surface area (Å²) >= 11 is 1.53. The first-order valence-corrected chi connectivity index (χ1v) is 7.54. The summed E-state index contributed by atoms with van der Waals surface area (Å²) in [5, 5.41) is 10.5. The van der Waals surface area contributed by atoms with Gasteiger partial charge in [-0.25, -0.2) is 9.89 Å². The minimum atomic E-state index is -0.142. The molecule has 2 rings (SSSR count). The van der Waals surface area contributed by atoms with Crippen molar-refractivity contribution in [2.75, 3.05) is 7.05 Å². The van der Waals surface area contributed by atoms with Crippen LogP contribution in [-0.2, 0) is 13.1 Å². The van der Waals surface area contributed by atoms with E-state index in [2.05, 4.69) is 40.6 Å². The lowest BCUT2D eigenvalue weighted by Crippen LogP contribution is -2.17. The van der Waals surface area contributed by atoms with Gasteiger partial charge < -0.3 is 5.32 Å². The van der Waals surface area contributed by atoms with Crippen LogP contribution in [0, 0.1) is 6.92 Å². The lowest BCUT2D eigenvalue weighted by Gasteiger charge is -2.10. The molecule has 1 heterocycles. The molecule has 0 saturated carbocycles. The van der Waals surface area contributed by atoms with Crippen LogP contribution in [-0.4, -0.2) is 21.8 Å². The average Bonchev–Trinajstić information content (AvgIpc) is 2.75. The summed E-state index contributed by atoms with van der Waals surface area (Å²) in [4.78, 5) is 12.8. The van der Waals surface area contributed by atoms with Gasteiger partial charge in [0.25, 0.3) is 0 Å². The van der Waals surface area contributed by atoms with Crippen LogP contribution < -0.4 is 11.0 Å². The summed E-state index contributed by atoms with van der Waals surface area (Å²) in [5.74, 6) is 0. The highest BCUT2D eigenvalue weighted by Crippen LogP contribution is 2.29. The molecule has 0 fully saturated rings. The lowest BCUT2D eigenvalue weighted by atomic mass is 10.1. The smallest absolute Gasteiger partial charge is 0.316 e. The van der Waals surface area contributed by atoms with Gasteiger partial charge in [-0.15, -0.1) is 5.10 Å². The Morgan fingerprint density at radius 1 is 1.45 bits per heavy atom. The van der Waals surface area contributed by atoms with Gasteiger partial charge in [-0.3, -0.25) is 4.57 Å². The van der Waals surface area contributed by atoms with E-state index in [9.17, 15) is 4.79 Å². The SMILES string of the molecule is CCCn1c(Sc2ccc(C)cc2CNC)n[nH]c1=O. The van der Waals surface area contributed by atoms with Gasteiger partial charge in [0.1, 0.15) is 0 Å². The number of hydrogen-bond acceptors (Lipinski definition) is 4. The third-order valence-corrected chi connectivity index (χ3v) is 4.07. The highest BCUT2D eigenvalue weighted by atomic mass is 32.2. The molecule has 0 radical (unpaired) electrons. The van der Waals surface area contributed by atoms with Crippen LogP contribution in [0.15, 0.2) is 33.0 Å². The fourth-order valence-corrected chi connectivity index (χ4v) is 3.01. The standard InChI is InChI=1S/C14H20N4OS/c1-4-7-18-13(19)16-17-14(18)20-12-6-5-10(2)8-11(12)9-15-3/h5-6,8,15H,4,7,9H2,1-3H3,(H,16,19). The van der Waals surface area contributed by atoms with Gasteiger partial charge in [0, 0.05) is 18.0 Å². The van der Waals surface area contributed by atoms with E-state index in [1.165, 1.54) is 22.9 Å². The Bertz CT molecular complexity index is 632. The predicted octanol–water partition coefficient (Wildman–Crippen LogP) is 2.16. The van der Waals surface area contributed by atoms with E-state index in [0.29, 0.717) is 6.54 Å². The maximum Gasteiger partial charge on any atom is 0.343 e. The molecule has 0 unspecified atom stereocenters. The van der Waals surface area contributed by atoms with Crippen LogP contribution >= 0.6 is 11.8 Å². The number of aromatic amines is 1. The second-order valence-electron chi connectivity index (χ2n) is 4.71. The monoisotopic (exact) mass is 292 g/mol. The summed E-state index contributed by atoms with van der Waals surface area (Å²) in [5.41, 5.74) is 2.31. The zero-order valence-electron chi connectivity index (χ0n) is 12.1. The normalized spacial score (nSPS) is 10.9. The summed E-state index contributed by atoms with van der Waals surface area (Å²) in [7, 11) is 1.93. The quantitative estimate of drug-likeness (QED) is 0.856. The van der Waals surface area contributed by atoms with E-state index in [1.54, 1.807) is 4.57 Å². The molecule has 0 atom stereocenters. The number of aryl methyl sites for hydroxylation is 1. The van der Waals surface area contributed by atoms with E-state index in [0.717, 1.165) is 23.0 Å². The number of nitrogens with one attached hydrogen (secondary N) is 2. The molecule has 1 aromatic carbocycles. The number of H-pyrrole nitrogens is 1. The van der Waals surface area contributed by atoms with Crippen molar-refractivity contribution in [1.29, 1.82) is 0 Å². The highest BCUT2D eigenvalue weighted by molar-refractivity contribution is 7.99. The molecule has 0 saturated heterocycles. The van der Waals surface area contributed by atoms with Crippen LogP contribution in [0.3, 0.4) is 0 Å². The van der Waals surface area contributed by atoms with E-state index in [-0.39, 0.29) is 5.69 Å². The number of nitrogens with zero attached hydrogens (tertiary/aromatic N) is 2. The van der Waals surface area contributed by atoms with Gasteiger partial charge in [-0.05, 0) is 43.8 Å². The van der Waals surface area contributed by atoms with Crippen molar-refractivity contribution in [3.63, 3.8) is 0 Å². The van der Waals surface area contributed by atoms with Gasteiger partial charge in [-0.1, -0.05) is 24.6 Å². The molecule has 20 heavy (non-hydrogen) atoms. The molecule has 0 amide bonds. The van der Waals surface area contributed by atoms with Crippen molar-refractivity contribution < 1.29 is 0 Å². The van der Waals surface area contributed by atoms with Crippen LogP contribution in [0.1, 0.15) is 24.5 Å². The molecule has 108 valence electrons. The second-order valence-corrected chi connectivity index (χ2v) is 5.72. The Kier molecular flexibility index (Phi) is 5.03. The third-order valence-electron chi connectivity index (χ3n) is 2.95. The highest BCUT2D eigenvalue weighted by Gasteiger charge is 2.11. The zero-order chi connectivity index (χ0) is 14.5. The largest absolute Gasteiger partial charge is 0.343 e. The minimum Gasteiger partial charge on any atom is -0.316 e. The number of rotatable bonds is 6. The molecular formula is C14H20N4OS. The number of aromatic nitrogens is 3. The van der Waals surface area contributed by atoms with Crippen molar-refractivity contribution in [2.45, 2.75) is 43.4 Å². The first kappa shape index (κ1) is 14.9. The van der Waals surface area contributed by atoms with Gasteiger partial charge >= 0.3 is 5.69 Å². The van der Waals surface area contributed by atoms with Crippen molar-refractivity contribution >= 4 is 11.8 Å². The van der Waals surface area contributed by atoms with Crippen molar-refractivity contribution in [3.8, 4) is 0 Å². The van der Waals surface area contributed by atoms with Crippen LogP contribution in [0.4, 0.5) is 0 Å². The molecule has 1 aromatic heterocycles. The molecular weight excluding hydrogens is 272 g/mol. The Labute approximate surface area is 122 Å². The van der Waals surface area contributed by atoms with Crippen LogP contribution in [0.2, 0.25) is 0 Å². The molecule has 0 aliphatic heterocycles. The van der Waals surface area contributed by atoms with Gasteiger partial charge in [0.15, 0.2) is 5.16 Å². The first-order valence-electron chi connectivity index (χ1n) is 6.73. The van der Waals surface area contributed by atoms with E-state index < -0.39 is 0 Å². The molecule has 6 heteroatoms. The maximum atomic E-state index is 11.7. The number of hydrogen-bond donors (Lipinski definition) is 2. The summed E-state index contributed by atoms with van der Waals surface area (Å²) in [6.07, 6.45) is 0.907. The topological polar surface area (TPSA) is 62.7 Å². The second kappa shape index (κ2) is 6.76. The lowest BCUT2D eigenvalue weighted by molar-refractivity contribution is 0.603. The molecule has 2 aromatic rings. The average molecular weight is 292 g/mol. The molecule has 2 N–H and O–H groups in total. The predicted molar refractivity (Wildman–Crippen MR) is 81.2 cm³/mol. The Morgan fingerprint density at radius 2 is 2.25 bits per heavy atom. The Hall–Kier alpha value is -1.53. The van der Waals surface area contributed by atoms with Crippen LogP contribution in [0.25, 0.3) is 0 Å². The fraction of sp³-hybridized carbons (Fsp3) is 0.429. The number of benzene rings is 1. The third kappa shape index (κ3) is 3.32. The van der Waals surface area contributed by atoms with Crippen molar-refractivity contribution in [1.82, 2.24) is 20.1 Å². The van der Waals surface area contributed by atoms with Crippen LogP contribution in [0.5, 0.6) is 0 Å². The van der Waals surface area contributed by atoms with E-state index in [1.807, 2.05) is 14.0 Å². The van der Waals surface area contributed by atoms with Gasteiger partial charge in [0.2, 0.25) is 0 Å². The fourth-order valence-electron chi connectivity index (χ4n) is 2.04. The maximum absolute atomic E-state index is 11.7. The summed E-state index contributed by atoms with van der Waals surface area (Å²) < 4.78 is 1.69. The Morgan fingerprint density at radius 3 is 2.95 bits per heavy atom. The molecule has 5 nitrogen and oxygen atoms in total. The van der Waals surface area contributed by atoms with Crippen molar-refractivity contribution in [3.05, 3.63) is 39.8 Å². The molecule has 0 bridgehead atoms. The molecule has 0 aliphatic carbocycles. The Balaban J connectivity index is 2.32. The summed E-state index contributed by atoms with van der Waals surface area (Å²) in [6, 6.07) is 6.33. The minimum absolute atomic E-state index is 0.142. The zero-order valence-corrected chi connectivity index (χ0v) is 12.9. The molecule has 0 aliphatic rings.